The molecular weight excluding hydrogens is 301 g/mol. The number of hydrogen-bond acceptors (Lipinski definition) is 6. The molecule has 1 heterocycles. The molecule has 0 unspecified atom stereocenters. The largest absolute Gasteiger partial charge is 0.427 e. The number of nitrogens with zero attached hydrogens (tertiary/aromatic N) is 2. The Morgan fingerprint density at radius 2 is 2.10 bits per heavy atom. The number of aromatic nitrogens is 1. The SMILES string of the molecule is CO/N=C(/C)c1cnc(S(=O)(=O)CCC(F)=C(F)F)o1. The standard InChI is InChI=1S/C10H11F3N2O4S/c1-6(15-18-2)8-5-14-10(19-8)20(16,17)4-3-7(11)9(12)13/h5H,3-4H2,1-2H3/b15-6-. The van der Waals surface area contributed by atoms with Gasteiger partial charge in [-0.15, -0.1) is 0 Å². The van der Waals surface area contributed by atoms with Crippen molar-refractivity contribution < 1.29 is 30.8 Å². The Morgan fingerprint density at radius 1 is 1.45 bits per heavy atom. The quantitative estimate of drug-likeness (QED) is 0.594. The van der Waals surface area contributed by atoms with Crippen LogP contribution in [-0.4, -0.2) is 32.0 Å². The molecule has 0 aliphatic heterocycles. The molecule has 0 fully saturated rings. The van der Waals surface area contributed by atoms with E-state index in [0.717, 1.165) is 6.20 Å². The molecule has 0 radical (unpaired) electrons. The van der Waals surface area contributed by atoms with E-state index in [4.69, 9.17) is 4.42 Å². The Kier molecular flexibility index (Phi) is 5.31. The van der Waals surface area contributed by atoms with E-state index in [1.165, 1.54) is 14.0 Å². The molecule has 112 valence electrons. The van der Waals surface area contributed by atoms with Crippen LogP contribution in [0.25, 0.3) is 0 Å². The summed E-state index contributed by atoms with van der Waals surface area (Å²) in [5, 5.41) is 2.82. The van der Waals surface area contributed by atoms with Gasteiger partial charge in [0.15, 0.2) is 11.6 Å². The fraction of sp³-hybridized carbons (Fsp3) is 0.400. The Balaban J connectivity index is 2.89. The predicted molar refractivity (Wildman–Crippen MR) is 62.7 cm³/mol. The van der Waals surface area contributed by atoms with Gasteiger partial charge in [0, 0.05) is 6.42 Å². The lowest BCUT2D eigenvalue weighted by atomic mass is 10.4. The second-order valence-electron chi connectivity index (χ2n) is 3.58. The summed E-state index contributed by atoms with van der Waals surface area (Å²) in [6, 6.07) is 0. The number of allylic oxidation sites excluding steroid dienone is 1. The van der Waals surface area contributed by atoms with E-state index in [1.54, 1.807) is 0 Å². The van der Waals surface area contributed by atoms with Crippen LogP contribution < -0.4 is 0 Å². The van der Waals surface area contributed by atoms with Crippen molar-refractivity contribution in [3.8, 4) is 0 Å². The van der Waals surface area contributed by atoms with Crippen molar-refractivity contribution in [2.24, 2.45) is 5.16 Å². The van der Waals surface area contributed by atoms with Crippen LogP contribution in [0.3, 0.4) is 0 Å². The monoisotopic (exact) mass is 312 g/mol. The van der Waals surface area contributed by atoms with Gasteiger partial charge in [0.1, 0.15) is 12.8 Å². The van der Waals surface area contributed by atoms with Crippen molar-refractivity contribution in [1.29, 1.82) is 0 Å². The highest BCUT2D eigenvalue weighted by atomic mass is 32.2. The van der Waals surface area contributed by atoms with Crippen LogP contribution in [-0.2, 0) is 14.7 Å². The summed E-state index contributed by atoms with van der Waals surface area (Å²) in [5.41, 5.74) is 0.238. The van der Waals surface area contributed by atoms with E-state index in [2.05, 4.69) is 15.0 Å². The number of rotatable bonds is 6. The molecule has 0 aliphatic rings. The fourth-order valence-electron chi connectivity index (χ4n) is 1.16. The Bertz CT molecular complexity index is 633. The van der Waals surface area contributed by atoms with E-state index >= 15 is 0 Å². The normalized spacial score (nSPS) is 12.3. The van der Waals surface area contributed by atoms with Gasteiger partial charge in [-0.05, 0) is 6.92 Å². The lowest BCUT2D eigenvalue weighted by Gasteiger charge is -1.98. The molecule has 0 atom stereocenters. The molecule has 6 nitrogen and oxygen atoms in total. The summed E-state index contributed by atoms with van der Waals surface area (Å²) < 4.78 is 64.6. The first kappa shape index (κ1) is 16.2. The summed E-state index contributed by atoms with van der Waals surface area (Å²) in [5.74, 6) is -2.62. The number of sulfone groups is 1. The van der Waals surface area contributed by atoms with E-state index in [0.29, 0.717) is 0 Å². The second kappa shape index (κ2) is 6.55. The van der Waals surface area contributed by atoms with Crippen LogP contribution in [0.5, 0.6) is 0 Å². The van der Waals surface area contributed by atoms with Crippen LogP contribution in [0.2, 0.25) is 0 Å². The van der Waals surface area contributed by atoms with E-state index in [-0.39, 0.29) is 11.5 Å². The third-order valence-electron chi connectivity index (χ3n) is 2.13. The maximum Gasteiger partial charge on any atom is 0.315 e. The number of oxime groups is 1. The minimum Gasteiger partial charge on any atom is -0.427 e. The smallest absolute Gasteiger partial charge is 0.315 e. The number of oxazole rings is 1. The summed E-state index contributed by atoms with van der Waals surface area (Å²) >= 11 is 0. The van der Waals surface area contributed by atoms with Gasteiger partial charge in [-0.25, -0.2) is 17.8 Å². The first-order valence-corrected chi connectivity index (χ1v) is 6.89. The minimum atomic E-state index is -4.10. The Hall–Kier alpha value is -1.84. The molecule has 0 aromatic carbocycles. The molecular formula is C10H11F3N2O4S. The van der Waals surface area contributed by atoms with Crippen molar-refractivity contribution in [2.75, 3.05) is 12.9 Å². The van der Waals surface area contributed by atoms with Crippen LogP contribution in [0.4, 0.5) is 13.2 Å². The van der Waals surface area contributed by atoms with Crippen molar-refractivity contribution in [3.63, 3.8) is 0 Å². The zero-order valence-corrected chi connectivity index (χ0v) is 11.4. The molecule has 0 saturated heterocycles. The van der Waals surface area contributed by atoms with Crippen molar-refractivity contribution in [1.82, 2.24) is 4.98 Å². The Labute approximate surface area is 112 Å². The molecule has 0 bridgehead atoms. The molecule has 20 heavy (non-hydrogen) atoms. The van der Waals surface area contributed by atoms with Crippen molar-refractivity contribution >= 4 is 15.5 Å². The van der Waals surface area contributed by atoms with E-state index in [9.17, 15) is 21.6 Å². The summed E-state index contributed by atoms with van der Waals surface area (Å²) in [6.45, 7) is 1.49. The number of halogens is 3. The van der Waals surface area contributed by atoms with Gasteiger partial charge in [0.05, 0.1) is 11.9 Å². The van der Waals surface area contributed by atoms with Gasteiger partial charge in [0.2, 0.25) is 9.84 Å². The molecule has 0 aliphatic carbocycles. The fourth-order valence-corrected chi connectivity index (χ4v) is 2.21. The van der Waals surface area contributed by atoms with E-state index < -0.39 is 39.1 Å². The van der Waals surface area contributed by atoms with Gasteiger partial charge < -0.3 is 9.25 Å². The first-order chi connectivity index (χ1) is 9.27. The summed E-state index contributed by atoms with van der Waals surface area (Å²) in [7, 11) is -2.81. The highest BCUT2D eigenvalue weighted by Gasteiger charge is 2.23. The molecule has 1 aromatic heterocycles. The van der Waals surface area contributed by atoms with Gasteiger partial charge in [0.25, 0.3) is 0 Å². The zero-order valence-electron chi connectivity index (χ0n) is 10.6. The zero-order chi connectivity index (χ0) is 15.3. The highest BCUT2D eigenvalue weighted by Crippen LogP contribution is 2.18. The molecule has 0 saturated carbocycles. The Morgan fingerprint density at radius 3 is 2.65 bits per heavy atom. The van der Waals surface area contributed by atoms with Crippen molar-refractivity contribution in [3.05, 3.63) is 23.9 Å². The summed E-state index contributed by atoms with van der Waals surface area (Å²) in [6.07, 6.45) is -2.41. The predicted octanol–water partition coefficient (Wildman–Crippen LogP) is 2.29. The lowest BCUT2D eigenvalue weighted by Crippen LogP contribution is -2.07. The topological polar surface area (TPSA) is 81.8 Å². The third kappa shape index (κ3) is 4.08. The highest BCUT2D eigenvalue weighted by molar-refractivity contribution is 7.91. The molecule has 0 amide bonds. The first-order valence-electron chi connectivity index (χ1n) is 5.24. The maximum absolute atomic E-state index is 12.6. The van der Waals surface area contributed by atoms with Gasteiger partial charge in [-0.1, -0.05) is 5.16 Å². The van der Waals surface area contributed by atoms with Crippen LogP contribution in [0.1, 0.15) is 19.1 Å². The van der Waals surface area contributed by atoms with Gasteiger partial charge >= 0.3 is 11.3 Å². The average Bonchev–Trinajstić information content (AvgIpc) is 2.86. The molecule has 1 aromatic rings. The van der Waals surface area contributed by atoms with Crippen LogP contribution in [0, 0.1) is 0 Å². The second-order valence-corrected chi connectivity index (χ2v) is 5.57. The van der Waals surface area contributed by atoms with Gasteiger partial charge in [-0.2, -0.15) is 8.78 Å². The molecule has 0 N–H and O–H groups in total. The molecule has 1 rings (SSSR count). The van der Waals surface area contributed by atoms with Crippen molar-refractivity contribution in [2.45, 2.75) is 18.6 Å². The molecule has 10 heteroatoms. The van der Waals surface area contributed by atoms with Crippen LogP contribution in [0.15, 0.2) is 32.9 Å². The number of hydrogen-bond donors (Lipinski definition) is 0. The maximum atomic E-state index is 12.6. The van der Waals surface area contributed by atoms with Crippen LogP contribution >= 0.6 is 0 Å². The van der Waals surface area contributed by atoms with E-state index in [1.807, 2.05) is 0 Å². The third-order valence-corrected chi connectivity index (χ3v) is 3.59. The average molecular weight is 312 g/mol. The lowest BCUT2D eigenvalue weighted by molar-refractivity contribution is 0.212. The molecule has 0 spiro atoms. The summed E-state index contributed by atoms with van der Waals surface area (Å²) in [4.78, 5) is 7.97. The minimum absolute atomic E-state index is 0.0399. The van der Waals surface area contributed by atoms with Gasteiger partial charge in [-0.3, -0.25) is 0 Å².